The number of benzene rings is 1. The fraction of sp³-hybridized carbons (Fsp3) is 0.167. The molecule has 0 spiro atoms. The van der Waals surface area contributed by atoms with E-state index in [-0.39, 0.29) is 12.4 Å². The molecule has 0 atom stereocenters. The first kappa shape index (κ1) is 17.1. The minimum absolute atomic E-state index is 0.239. The fourth-order valence-electron chi connectivity index (χ4n) is 3.13. The molecule has 27 heavy (non-hydrogen) atoms. The molecule has 1 aliphatic heterocycles. The Labute approximate surface area is 152 Å². The summed E-state index contributed by atoms with van der Waals surface area (Å²) in [6.07, 6.45) is -3.13. The van der Waals surface area contributed by atoms with Crippen LogP contribution in [0.3, 0.4) is 0 Å². The van der Waals surface area contributed by atoms with Crippen molar-refractivity contribution in [2.75, 3.05) is 18.5 Å². The number of halogens is 3. The third-order valence-corrected chi connectivity index (χ3v) is 4.33. The van der Waals surface area contributed by atoms with Gasteiger partial charge in [0.15, 0.2) is 5.82 Å². The Morgan fingerprint density at radius 3 is 2.52 bits per heavy atom. The van der Waals surface area contributed by atoms with Gasteiger partial charge in [0.2, 0.25) is 0 Å². The van der Waals surface area contributed by atoms with Crippen molar-refractivity contribution in [1.82, 2.24) is 25.5 Å². The summed E-state index contributed by atoms with van der Waals surface area (Å²) in [5.74, 6) is 0.787. The molecule has 0 bridgehead atoms. The predicted molar refractivity (Wildman–Crippen MR) is 94.9 cm³/mol. The van der Waals surface area contributed by atoms with Crippen LogP contribution in [0.4, 0.5) is 24.7 Å². The lowest BCUT2D eigenvalue weighted by Crippen LogP contribution is -2.30. The molecule has 9 heteroatoms. The van der Waals surface area contributed by atoms with E-state index in [0.717, 1.165) is 17.3 Å². The summed E-state index contributed by atoms with van der Waals surface area (Å²) >= 11 is 0. The molecular weight excluding hydrogens is 357 g/mol. The molecule has 0 saturated heterocycles. The van der Waals surface area contributed by atoms with E-state index < -0.39 is 11.9 Å². The van der Waals surface area contributed by atoms with Gasteiger partial charge in [0.25, 0.3) is 0 Å². The third-order valence-electron chi connectivity index (χ3n) is 4.33. The number of fused-ring (bicyclic) bond motifs is 1. The molecule has 0 aliphatic carbocycles. The number of alkyl halides is 3. The lowest BCUT2D eigenvalue weighted by Gasteiger charge is -2.33. The summed E-state index contributed by atoms with van der Waals surface area (Å²) < 4.78 is 39.7. The normalized spacial score (nSPS) is 14.3. The molecule has 3 aromatic rings. The van der Waals surface area contributed by atoms with Crippen molar-refractivity contribution in [2.24, 2.45) is 0 Å². The number of pyridine rings is 1. The zero-order chi connectivity index (χ0) is 19.0. The maximum absolute atomic E-state index is 13.2. The number of rotatable bonds is 3. The first-order valence-corrected chi connectivity index (χ1v) is 8.17. The van der Waals surface area contributed by atoms with Crippen LogP contribution in [0.25, 0.3) is 11.3 Å². The Bertz CT molecular complexity index is 980. The van der Waals surface area contributed by atoms with Crippen LogP contribution in [-0.4, -0.2) is 33.8 Å². The number of para-hydroxylation sites is 1. The van der Waals surface area contributed by atoms with Gasteiger partial charge in [-0.05, 0) is 24.3 Å². The molecule has 0 radical (unpaired) electrons. The van der Waals surface area contributed by atoms with Gasteiger partial charge in [0, 0.05) is 23.9 Å². The Hall–Kier alpha value is -3.36. The highest BCUT2D eigenvalue weighted by Crippen LogP contribution is 2.41. The van der Waals surface area contributed by atoms with Gasteiger partial charge in [-0.2, -0.15) is 18.3 Å². The van der Waals surface area contributed by atoms with Crippen molar-refractivity contribution < 1.29 is 13.2 Å². The van der Waals surface area contributed by atoms with Gasteiger partial charge >= 0.3 is 6.18 Å². The summed E-state index contributed by atoms with van der Waals surface area (Å²) in [5.41, 5.74) is 1.81. The predicted octanol–water partition coefficient (Wildman–Crippen LogP) is 3.46. The van der Waals surface area contributed by atoms with E-state index in [0.29, 0.717) is 17.1 Å². The lowest BCUT2D eigenvalue weighted by molar-refractivity contribution is -0.141. The molecule has 2 aromatic heterocycles. The zero-order valence-electron chi connectivity index (χ0n) is 14.2. The number of hydrogen-bond donors (Lipinski definition) is 2. The van der Waals surface area contributed by atoms with E-state index in [2.05, 4.69) is 25.5 Å². The number of hydrogen-bond acceptors (Lipinski definition) is 5. The van der Waals surface area contributed by atoms with Gasteiger partial charge in [-0.1, -0.05) is 18.2 Å². The minimum Gasteiger partial charge on any atom is -0.387 e. The molecule has 0 saturated carbocycles. The fourth-order valence-corrected chi connectivity index (χ4v) is 3.13. The van der Waals surface area contributed by atoms with Crippen LogP contribution < -0.4 is 10.2 Å². The molecule has 0 amide bonds. The largest absolute Gasteiger partial charge is 0.433 e. The number of nitrogens with zero attached hydrogens (tertiary/aromatic N) is 4. The van der Waals surface area contributed by atoms with Crippen molar-refractivity contribution >= 4 is 22.8 Å². The highest BCUT2D eigenvalue weighted by molar-refractivity contribution is 5.97. The summed E-state index contributed by atoms with van der Waals surface area (Å²) in [6.45, 7) is 0.288. The topological polar surface area (TPSA) is 69.7 Å². The first-order valence-electron chi connectivity index (χ1n) is 8.17. The average Bonchev–Trinajstić information content (AvgIpc) is 3.20. The second-order valence-corrected chi connectivity index (χ2v) is 5.92. The van der Waals surface area contributed by atoms with Gasteiger partial charge in [-0.15, -0.1) is 0 Å². The van der Waals surface area contributed by atoms with Crippen LogP contribution >= 0.6 is 0 Å². The highest BCUT2D eigenvalue weighted by Gasteiger charge is 2.36. The Morgan fingerprint density at radius 2 is 1.89 bits per heavy atom. The molecule has 2 N–H and O–H groups in total. The van der Waals surface area contributed by atoms with Gasteiger partial charge in [0.1, 0.15) is 17.8 Å². The van der Waals surface area contributed by atoms with Crippen molar-refractivity contribution in [2.45, 2.75) is 6.18 Å². The van der Waals surface area contributed by atoms with E-state index in [1.807, 2.05) is 30.3 Å². The molecular formula is C18H15F3N6. The van der Waals surface area contributed by atoms with Crippen LogP contribution in [0.15, 0.2) is 48.8 Å². The smallest absolute Gasteiger partial charge is 0.387 e. The SMILES string of the molecule is CNC1=C(c2ncn[nH]2)CN(c2ccccc2)c2nc(C(F)(F)F)ccc21. The number of aromatic nitrogens is 4. The maximum Gasteiger partial charge on any atom is 0.433 e. The Kier molecular flexibility index (Phi) is 4.06. The van der Waals surface area contributed by atoms with Crippen LogP contribution in [0.1, 0.15) is 17.1 Å². The van der Waals surface area contributed by atoms with Gasteiger partial charge in [-0.3, -0.25) is 5.10 Å². The molecule has 1 aliphatic rings. The molecule has 0 unspecified atom stereocenters. The summed E-state index contributed by atoms with van der Waals surface area (Å²) in [4.78, 5) is 9.88. The molecule has 3 heterocycles. The van der Waals surface area contributed by atoms with Gasteiger partial charge in [0.05, 0.1) is 12.2 Å². The lowest BCUT2D eigenvalue weighted by atomic mass is 9.99. The maximum atomic E-state index is 13.2. The molecule has 4 rings (SSSR count). The number of nitrogens with one attached hydrogen (secondary N) is 2. The summed E-state index contributed by atoms with van der Waals surface area (Å²) in [7, 11) is 1.71. The second kappa shape index (κ2) is 6.42. The standard InChI is InChI=1S/C18H15F3N6/c1-22-15-12-7-8-14(18(19,20)21)25-17(12)27(11-5-3-2-4-6-11)9-13(15)16-23-10-24-26-16/h2-8,10,22H,9H2,1H3,(H,23,24,26). The van der Waals surface area contributed by atoms with E-state index in [9.17, 15) is 13.2 Å². The second-order valence-electron chi connectivity index (χ2n) is 5.92. The van der Waals surface area contributed by atoms with Crippen LogP contribution in [0, 0.1) is 0 Å². The van der Waals surface area contributed by atoms with Gasteiger partial charge < -0.3 is 10.2 Å². The Balaban J connectivity index is 1.95. The third kappa shape index (κ3) is 3.01. The van der Waals surface area contributed by atoms with Crippen LogP contribution in [0.2, 0.25) is 0 Å². The first-order chi connectivity index (χ1) is 13.0. The van der Waals surface area contributed by atoms with E-state index >= 15 is 0 Å². The van der Waals surface area contributed by atoms with E-state index in [1.54, 1.807) is 11.9 Å². The Morgan fingerprint density at radius 1 is 1.11 bits per heavy atom. The van der Waals surface area contributed by atoms with Crippen molar-refractivity contribution in [1.29, 1.82) is 0 Å². The molecule has 1 aromatic carbocycles. The van der Waals surface area contributed by atoms with E-state index in [1.165, 1.54) is 12.4 Å². The van der Waals surface area contributed by atoms with Gasteiger partial charge in [-0.25, -0.2) is 9.97 Å². The number of anilines is 2. The van der Waals surface area contributed by atoms with Crippen molar-refractivity contribution in [3.63, 3.8) is 0 Å². The minimum atomic E-state index is -4.52. The molecule has 0 fully saturated rings. The molecule has 138 valence electrons. The summed E-state index contributed by atoms with van der Waals surface area (Å²) in [5, 5.41) is 9.78. The number of H-pyrrole nitrogens is 1. The molecule has 6 nitrogen and oxygen atoms in total. The van der Waals surface area contributed by atoms with E-state index in [4.69, 9.17) is 0 Å². The monoisotopic (exact) mass is 372 g/mol. The zero-order valence-corrected chi connectivity index (χ0v) is 14.2. The highest BCUT2D eigenvalue weighted by atomic mass is 19.4. The average molecular weight is 372 g/mol. The summed E-state index contributed by atoms with van der Waals surface area (Å²) in [6, 6.07) is 11.6. The quantitative estimate of drug-likeness (QED) is 0.737. The van der Waals surface area contributed by atoms with Crippen molar-refractivity contribution in [3.05, 3.63) is 65.9 Å². The van der Waals surface area contributed by atoms with Crippen LogP contribution in [-0.2, 0) is 6.18 Å². The van der Waals surface area contributed by atoms with Crippen molar-refractivity contribution in [3.8, 4) is 0 Å². The van der Waals surface area contributed by atoms with Crippen LogP contribution in [0.5, 0.6) is 0 Å². The number of aromatic amines is 1.